The van der Waals surface area contributed by atoms with E-state index in [1.807, 2.05) is 24.7 Å². The molecule has 0 aliphatic carbocycles. The topological polar surface area (TPSA) is 52.0 Å². The van der Waals surface area contributed by atoms with Crippen LogP contribution in [0.15, 0.2) is 79.3 Å². The lowest BCUT2D eigenvalue weighted by Crippen LogP contribution is -2.29. The van der Waals surface area contributed by atoms with E-state index in [-0.39, 0.29) is 0 Å². The van der Waals surface area contributed by atoms with Gasteiger partial charge in [-0.25, -0.2) is 9.97 Å². The zero-order valence-electron chi connectivity index (χ0n) is 18.7. The molecule has 1 N–H and O–H groups in total. The Kier molecular flexibility index (Phi) is 5.04. The van der Waals surface area contributed by atoms with E-state index in [0.717, 1.165) is 65.1 Å². The molecule has 0 bridgehead atoms. The number of piperidine rings is 1. The van der Waals surface area contributed by atoms with Crippen LogP contribution < -0.4 is 10.1 Å². The highest BCUT2D eigenvalue weighted by Gasteiger charge is 2.22. The molecule has 5 nitrogen and oxygen atoms in total. The monoisotopic (exact) mass is 434 g/mol. The summed E-state index contributed by atoms with van der Waals surface area (Å²) in [6, 6.07) is 23.7. The number of methoxy groups -OCH3 is 1. The molecule has 0 saturated carbocycles. The van der Waals surface area contributed by atoms with Gasteiger partial charge in [0.1, 0.15) is 11.3 Å². The average Bonchev–Trinajstić information content (AvgIpc) is 3.32. The van der Waals surface area contributed by atoms with Crippen molar-refractivity contribution in [1.82, 2.24) is 19.9 Å². The van der Waals surface area contributed by atoms with Gasteiger partial charge in [-0.3, -0.25) is 0 Å². The molecule has 1 aliphatic rings. The van der Waals surface area contributed by atoms with E-state index in [1.165, 1.54) is 10.8 Å². The van der Waals surface area contributed by atoms with Crippen LogP contribution in [0, 0.1) is 0 Å². The first kappa shape index (κ1) is 19.9. The van der Waals surface area contributed by atoms with Gasteiger partial charge in [-0.05, 0) is 66.0 Å². The summed E-state index contributed by atoms with van der Waals surface area (Å²) in [6.07, 6.45) is 6.17. The van der Waals surface area contributed by atoms with E-state index in [4.69, 9.17) is 14.7 Å². The predicted octanol–water partition coefficient (Wildman–Crippen LogP) is 5.85. The van der Waals surface area contributed by atoms with Crippen LogP contribution in [0.5, 0.6) is 5.75 Å². The zero-order valence-corrected chi connectivity index (χ0v) is 18.7. The Bertz CT molecular complexity index is 1450. The number of nitrogens with zero attached hydrogens (tertiary/aromatic N) is 3. The summed E-state index contributed by atoms with van der Waals surface area (Å²) in [7, 11) is 1.70. The molecule has 3 heterocycles. The van der Waals surface area contributed by atoms with Crippen LogP contribution in [0.1, 0.15) is 18.9 Å². The van der Waals surface area contributed by atoms with Crippen LogP contribution in [0.3, 0.4) is 0 Å². The van der Waals surface area contributed by atoms with Crippen molar-refractivity contribution >= 4 is 21.9 Å². The SMILES string of the molecule is COc1cccc(-c2cnc3c(ncn3C3CCNCC3)c2-c2ccc3ccccc3c2)c1. The van der Waals surface area contributed by atoms with Crippen molar-refractivity contribution < 1.29 is 4.74 Å². The van der Waals surface area contributed by atoms with Gasteiger partial charge in [0, 0.05) is 23.4 Å². The van der Waals surface area contributed by atoms with E-state index >= 15 is 0 Å². The Morgan fingerprint density at radius 1 is 0.879 bits per heavy atom. The molecule has 5 heteroatoms. The summed E-state index contributed by atoms with van der Waals surface area (Å²) in [5, 5.41) is 5.90. The Balaban J connectivity index is 1.60. The molecule has 0 radical (unpaired) electrons. The minimum atomic E-state index is 0.427. The summed E-state index contributed by atoms with van der Waals surface area (Å²) in [4.78, 5) is 9.86. The van der Waals surface area contributed by atoms with Crippen LogP contribution in [0.4, 0.5) is 0 Å². The fourth-order valence-corrected chi connectivity index (χ4v) is 4.98. The van der Waals surface area contributed by atoms with Crippen molar-refractivity contribution in [2.75, 3.05) is 20.2 Å². The van der Waals surface area contributed by atoms with Gasteiger partial charge in [0.2, 0.25) is 0 Å². The van der Waals surface area contributed by atoms with Gasteiger partial charge in [0.15, 0.2) is 5.65 Å². The zero-order chi connectivity index (χ0) is 22.2. The summed E-state index contributed by atoms with van der Waals surface area (Å²) >= 11 is 0. The third-order valence-corrected chi connectivity index (χ3v) is 6.71. The Morgan fingerprint density at radius 2 is 1.73 bits per heavy atom. The summed E-state index contributed by atoms with van der Waals surface area (Å²) in [5.74, 6) is 0.831. The maximum absolute atomic E-state index is 5.50. The fraction of sp³-hybridized carbons (Fsp3) is 0.214. The summed E-state index contributed by atoms with van der Waals surface area (Å²) in [6.45, 7) is 2.06. The molecule has 1 fully saturated rings. The van der Waals surface area contributed by atoms with E-state index < -0.39 is 0 Å². The first-order valence-corrected chi connectivity index (χ1v) is 11.5. The number of hydrogen-bond acceptors (Lipinski definition) is 4. The summed E-state index contributed by atoms with van der Waals surface area (Å²) in [5.41, 5.74) is 6.30. The Hall–Kier alpha value is -3.70. The first-order valence-electron chi connectivity index (χ1n) is 11.5. The molecule has 5 aromatic rings. The van der Waals surface area contributed by atoms with Crippen LogP contribution in [-0.4, -0.2) is 34.7 Å². The molecule has 1 saturated heterocycles. The van der Waals surface area contributed by atoms with Crippen molar-refractivity contribution in [3.8, 4) is 28.0 Å². The number of hydrogen-bond donors (Lipinski definition) is 1. The number of nitrogens with one attached hydrogen (secondary N) is 1. The molecule has 164 valence electrons. The highest BCUT2D eigenvalue weighted by atomic mass is 16.5. The van der Waals surface area contributed by atoms with E-state index in [1.54, 1.807) is 7.11 Å². The van der Waals surface area contributed by atoms with Crippen molar-refractivity contribution in [1.29, 1.82) is 0 Å². The maximum atomic E-state index is 5.50. The number of benzene rings is 3. The molecule has 33 heavy (non-hydrogen) atoms. The minimum Gasteiger partial charge on any atom is -0.497 e. The smallest absolute Gasteiger partial charge is 0.160 e. The van der Waals surface area contributed by atoms with Crippen molar-refractivity contribution in [2.24, 2.45) is 0 Å². The number of fused-ring (bicyclic) bond motifs is 2. The van der Waals surface area contributed by atoms with Gasteiger partial charge in [0.05, 0.1) is 13.4 Å². The lowest BCUT2D eigenvalue weighted by molar-refractivity contribution is 0.373. The van der Waals surface area contributed by atoms with Crippen LogP contribution in [-0.2, 0) is 0 Å². The molecule has 0 atom stereocenters. The van der Waals surface area contributed by atoms with Crippen molar-refractivity contribution in [3.63, 3.8) is 0 Å². The maximum Gasteiger partial charge on any atom is 0.160 e. The molecule has 1 aliphatic heterocycles. The molecule has 0 spiro atoms. The van der Waals surface area contributed by atoms with Gasteiger partial charge in [0.25, 0.3) is 0 Å². The van der Waals surface area contributed by atoms with E-state index in [2.05, 4.69) is 64.5 Å². The third-order valence-electron chi connectivity index (χ3n) is 6.71. The normalized spacial score (nSPS) is 14.7. The minimum absolute atomic E-state index is 0.427. The van der Waals surface area contributed by atoms with Gasteiger partial charge < -0.3 is 14.6 Å². The van der Waals surface area contributed by atoms with Crippen molar-refractivity contribution in [2.45, 2.75) is 18.9 Å². The van der Waals surface area contributed by atoms with Gasteiger partial charge in [-0.1, -0.05) is 48.5 Å². The number of pyridine rings is 1. The molecule has 0 amide bonds. The van der Waals surface area contributed by atoms with Crippen LogP contribution in [0.25, 0.3) is 44.2 Å². The van der Waals surface area contributed by atoms with Crippen LogP contribution in [0.2, 0.25) is 0 Å². The highest BCUT2D eigenvalue weighted by molar-refractivity contribution is 6.01. The molecule has 3 aromatic carbocycles. The quantitative estimate of drug-likeness (QED) is 0.385. The molecule has 6 rings (SSSR count). The average molecular weight is 435 g/mol. The van der Waals surface area contributed by atoms with Gasteiger partial charge >= 0.3 is 0 Å². The predicted molar refractivity (Wildman–Crippen MR) is 134 cm³/mol. The highest BCUT2D eigenvalue weighted by Crippen LogP contribution is 2.39. The largest absolute Gasteiger partial charge is 0.497 e. The molecule has 0 unspecified atom stereocenters. The van der Waals surface area contributed by atoms with Crippen LogP contribution >= 0.6 is 0 Å². The first-order chi connectivity index (χ1) is 16.3. The molecular formula is C28H26N4O. The number of rotatable bonds is 4. The molecular weight excluding hydrogens is 408 g/mol. The lowest BCUT2D eigenvalue weighted by atomic mass is 9.93. The third kappa shape index (κ3) is 3.55. The Labute approximate surface area is 193 Å². The second-order valence-electron chi connectivity index (χ2n) is 8.65. The molecule has 2 aromatic heterocycles. The summed E-state index contributed by atoms with van der Waals surface area (Å²) < 4.78 is 7.78. The number of ether oxygens (including phenoxy) is 1. The fourth-order valence-electron chi connectivity index (χ4n) is 4.98. The second kappa shape index (κ2) is 8.34. The van der Waals surface area contributed by atoms with Crippen molar-refractivity contribution in [3.05, 3.63) is 79.3 Å². The Morgan fingerprint density at radius 3 is 2.58 bits per heavy atom. The second-order valence-corrected chi connectivity index (χ2v) is 8.65. The van der Waals surface area contributed by atoms with E-state index in [0.29, 0.717) is 6.04 Å². The standard InChI is InChI=1S/C28H26N4O/c1-33-24-8-4-7-21(16-24)25-17-30-28-27(31-18-32(28)23-11-13-29-14-12-23)26(25)22-10-9-19-5-2-3-6-20(19)15-22/h2-10,15-18,23,29H,11-14H2,1H3. The number of aromatic nitrogens is 3. The number of imidazole rings is 1. The lowest BCUT2D eigenvalue weighted by Gasteiger charge is -2.24. The van der Waals surface area contributed by atoms with Gasteiger partial charge in [-0.2, -0.15) is 0 Å². The van der Waals surface area contributed by atoms with E-state index in [9.17, 15) is 0 Å². The van der Waals surface area contributed by atoms with Gasteiger partial charge in [-0.15, -0.1) is 0 Å².